The first-order valence-electron chi connectivity index (χ1n) is 12.5. The number of rotatable bonds is 5. The number of Topliss-reactive ketones (excluding diaryl/α,β-unsaturated/α-hetero) is 1. The van der Waals surface area contributed by atoms with E-state index in [1.54, 1.807) is 0 Å². The number of aliphatic hydroxyl groups is 1. The maximum atomic E-state index is 12.8. The van der Waals surface area contributed by atoms with Gasteiger partial charge in [-0.05, 0) is 62.6 Å². The summed E-state index contributed by atoms with van der Waals surface area (Å²) >= 11 is 0. The highest BCUT2D eigenvalue weighted by Gasteiger charge is 2.65. The summed E-state index contributed by atoms with van der Waals surface area (Å²) in [5.74, 6) is 1.13. The van der Waals surface area contributed by atoms with Crippen molar-refractivity contribution in [3.8, 4) is 0 Å². The smallest absolute Gasteiger partial charge is 0.134 e. The number of piperidine rings is 1. The van der Waals surface area contributed by atoms with Gasteiger partial charge in [-0.25, -0.2) is 0 Å². The molecule has 2 bridgehead atoms. The van der Waals surface area contributed by atoms with E-state index in [-0.39, 0.29) is 6.04 Å². The molecule has 6 rings (SSSR count). The number of benzene rings is 1. The van der Waals surface area contributed by atoms with E-state index in [1.165, 1.54) is 29.6 Å². The molecular weight excluding hydrogens is 398 g/mol. The van der Waals surface area contributed by atoms with Crippen LogP contribution >= 0.6 is 0 Å². The van der Waals surface area contributed by atoms with Crippen LogP contribution < -0.4 is 0 Å². The van der Waals surface area contributed by atoms with Gasteiger partial charge in [-0.3, -0.25) is 9.69 Å². The third-order valence-electron chi connectivity index (χ3n) is 9.07. The molecule has 4 aliphatic carbocycles. The highest BCUT2D eigenvalue weighted by molar-refractivity contribution is 5.82. The van der Waals surface area contributed by atoms with Crippen LogP contribution in [0, 0.1) is 11.3 Å². The van der Waals surface area contributed by atoms with Gasteiger partial charge >= 0.3 is 0 Å². The summed E-state index contributed by atoms with van der Waals surface area (Å²) in [5.41, 5.74) is 2.22. The number of ketones is 1. The molecule has 170 valence electrons. The fourth-order valence-electron chi connectivity index (χ4n) is 7.10. The van der Waals surface area contributed by atoms with Crippen molar-refractivity contribution in [3.63, 3.8) is 0 Å². The first kappa shape index (κ1) is 20.8. The molecule has 4 heteroatoms. The predicted molar refractivity (Wildman–Crippen MR) is 124 cm³/mol. The van der Waals surface area contributed by atoms with Crippen LogP contribution in [0.25, 0.3) is 0 Å². The second-order valence-corrected chi connectivity index (χ2v) is 11.2. The third-order valence-corrected chi connectivity index (χ3v) is 9.07. The molecule has 0 amide bonds. The molecular formula is C28H35NO3. The summed E-state index contributed by atoms with van der Waals surface area (Å²) < 4.78 is 6.46. The number of carbonyl (C=O) groups excluding carboxylic acids is 1. The second-order valence-electron chi connectivity index (χ2n) is 11.2. The fraction of sp³-hybridized carbons (Fsp3) is 0.607. The molecule has 1 saturated heterocycles. The molecule has 4 atom stereocenters. The molecule has 2 saturated carbocycles. The average Bonchev–Trinajstić information content (AvgIpc) is 3.60. The Morgan fingerprint density at radius 3 is 2.75 bits per heavy atom. The monoisotopic (exact) mass is 433 g/mol. The Kier molecular flexibility index (Phi) is 4.80. The minimum Gasteiger partial charge on any atom is -0.387 e. The summed E-state index contributed by atoms with van der Waals surface area (Å²) in [6.07, 6.45) is 11.3. The quantitative estimate of drug-likeness (QED) is 0.739. The van der Waals surface area contributed by atoms with Gasteiger partial charge in [0.2, 0.25) is 0 Å². The van der Waals surface area contributed by atoms with Crippen LogP contribution in [0.2, 0.25) is 0 Å². The van der Waals surface area contributed by atoms with Crippen LogP contribution in [0.15, 0.2) is 53.6 Å². The second kappa shape index (κ2) is 7.38. The summed E-state index contributed by atoms with van der Waals surface area (Å²) in [6, 6.07) is 10.4. The van der Waals surface area contributed by atoms with Crippen LogP contribution in [-0.2, 0) is 16.1 Å². The van der Waals surface area contributed by atoms with E-state index in [2.05, 4.69) is 36.1 Å². The fourth-order valence-corrected chi connectivity index (χ4v) is 7.10. The molecule has 1 unspecified atom stereocenters. The molecule has 0 radical (unpaired) electrons. The summed E-state index contributed by atoms with van der Waals surface area (Å²) in [5, 5.41) is 12.3. The van der Waals surface area contributed by atoms with Crippen molar-refractivity contribution in [1.82, 2.24) is 4.90 Å². The van der Waals surface area contributed by atoms with Gasteiger partial charge in [-0.1, -0.05) is 48.1 Å². The average molecular weight is 434 g/mol. The Labute approximate surface area is 191 Å². The molecule has 1 aromatic rings. The lowest BCUT2D eigenvalue weighted by molar-refractivity contribution is -0.191. The molecule has 3 fully saturated rings. The van der Waals surface area contributed by atoms with Gasteiger partial charge in [0, 0.05) is 37.3 Å². The molecule has 0 spiro atoms. The van der Waals surface area contributed by atoms with Gasteiger partial charge in [-0.15, -0.1) is 0 Å². The topological polar surface area (TPSA) is 49.8 Å². The van der Waals surface area contributed by atoms with E-state index >= 15 is 0 Å². The lowest BCUT2D eigenvalue weighted by atomic mass is 9.47. The molecule has 1 heterocycles. The van der Waals surface area contributed by atoms with Gasteiger partial charge in [-0.2, -0.15) is 0 Å². The number of ether oxygens (including phenoxy) is 1. The molecule has 1 aliphatic heterocycles. The summed E-state index contributed by atoms with van der Waals surface area (Å²) in [6.45, 7) is 4.84. The van der Waals surface area contributed by atoms with E-state index in [0.717, 1.165) is 38.3 Å². The Bertz CT molecular complexity index is 980. The number of hydrogen-bond acceptors (Lipinski definition) is 4. The molecule has 32 heavy (non-hydrogen) atoms. The van der Waals surface area contributed by atoms with Gasteiger partial charge < -0.3 is 9.84 Å². The maximum absolute atomic E-state index is 12.8. The van der Waals surface area contributed by atoms with Crippen molar-refractivity contribution < 1.29 is 14.6 Å². The Morgan fingerprint density at radius 2 is 1.97 bits per heavy atom. The number of carbonyl (C=O) groups is 1. The molecule has 1 aromatic carbocycles. The maximum Gasteiger partial charge on any atom is 0.134 e. The minimum absolute atomic E-state index is 0.142. The van der Waals surface area contributed by atoms with E-state index in [0.29, 0.717) is 31.7 Å². The molecule has 4 nitrogen and oxygen atoms in total. The molecule has 1 N–H and O–H groups in total. The highest BCUT2D eigenvalue weighted by atomic mass is 16.5. The van der Waals surface area contributed by atoms with Gasteiger partial charge in [0.1, 0.15) is 5.78 Å². The van der Waals surface area contributed by atoms with E-state index in [1.807, 2.05) is 18.2 Å². The largest absolute Gasteiger partial charge is 0.387 e. The van der Waals surface area contributed by atoms with Crippen molar-refractivity contribution >= 4 is 5.78 Å². The Hall–Kier alpha value is -1.75. The van der Waals surface area contributed by atoms with Crippen LogP contribution in [0.3, 0.4) is 0 Å². The van der Waals surface area contributed by atoms with Gasteiger partial charge in [0.05, 0.1) is 17.8 Å². The minimum atomic E-state index is -0.793. The van der Waals surface area contributed by atoms with Gasteiger partial charge in [0.25, 0.3) is 0 Å². The van der Waals surface area contributed by atoms with Crippen molar-refractivity contribution in [3.05, 3.63) is 59.2 Å². The normalized spacial score (nSPS) is 39.1. The van der Waals surface area contributed by atoms with Crippen molar-refractivity contribution in [2.75, 3.05) is 13.1 Å². The first-order valence-corrected chi connectivity index (χ1v) is 12.5. The van der Waals surface area contributed by atoms with E-state index in [4.69, 9.17) is 4.74 Å². The van der Waals surface area contributed by atoms with Crippen LogP contribution in [-0.4, -0.2) is 46.1 Å². The van der Waals surface area contributed by atoms with Crippen LogP contribution in [0.1, 0.15) is 63.9 Å². The van der Waals surface area contributed by atoms with Crippen molar-refractivity contribution in [2.24, 2.45) is 11.3 Å². The van der Waals surface area contributed by atoms with Crippen molar-refractivity contribution in [1.29, 1.82) is 0 Å². The Balaban J connectivity index is 1.32. The predicted octanol–water partition coefficient (Wildman–Crippen LogP) is 4.58. The summed E-state index contributed by atoms with van der Waals surface area (Å²) in [4.78, 5) is 15.3. The summed E-state index contributed by atoms with van der Waals surface area (Å²) in [7, 11) is 0. The zero-order valence-corrected chi connectivity index (χ0v) is 19.2. The van der Waals surface area contributed by atoms with E-state index < -0.39 is 16.6 Å². The van der Waals surface area contributed by atoms with Crippen molar-refractivity contribution in [2.45, 2.75) is 82.1 Å². The molecule has 0 aromatic heterocycles. The Morgan fingerprint density at radius 1 is 1.16 bits per heavy atom. The number of hydrogen-bond donors (Lipinski definition) is 1. The van der Waals surface area contributed by atoms with Crippen LogP contribution in [0.4, 0.5) is 0 Å². The SMILES string of the molecule is CC1(OCc2ccccc2)C=CC2=C(C1)[C@]13CCN(CC4CC4)[C@H](C2)[C@]1(O)CCC(=O)C3. The number of allylic oxidation sites excluding steroid dienone is 1. The first-order chi connectivity index (χ1) is 15.4. The van der Waals surface area contributed by atoms with E-state index in [9.17, 15) is 9.90 Å². The van der Waals surface area contributed by atoms with Gasteiger partial charge in [0.15, 0.2) is 0 Å². The molecule has 5 aliphatic rings. The zero-order valence-electron chi connectivity index (χ0n) is 19.2. The van der Waals surface area contributed by atoms with Crippen LogP contribution in [0.5, 0.6) is 0 Å². The standard InChI is InChI=1S/C28H35NO3/c1-26(32-19-21-5-3-2-4-6-21)11-9-22-15-25-28(31)12-10-23(30)16-27(28,24(22)17-26)13-14-29(25)18-20-7-8-20/h2-6,9,11,20,25,31H,7-8,10,12-19H2,1H3/t25-,26?,27-,28-/m1/s1. The number of likely N-dealkylation sites (tertiary alicyclic amines) is 1. The lowest BCUT2D eigenvalue weighted by Gasteiger charge is -2.65. The highest BCUT2D eigenvalue weighted by Crippen LogP contribution is 2.63. The zero-order chi connectivity index (χ0) is 22.0. The number of nitrogens with zero attached hydrogens (tertiary/aromatic N) is 1. The third kappa shape index (κ3) is 3.26. The lowest BCUT2D eigenvalue weighted by Crippen LogP contribution is -2.71.